The number of nitrogens with one attached hydrogen (secondary N) is 2. The SMILES string of the molecule is Cn1c(=O)n(C2CCC(=O)NC2=O)c2ccc(CCCOCCOCCN3CCN(Cc4ccc(-c5cn([C@H]6CC[C@H](O)CC6)c6nc(NCCCF)ncc56)cc4)CC3)cc21. The highest BCUT2D eigenvalue weighted by molar-refractivity contribution is 6.00. The van der Waals surface area contributed by atoms with Gasteiger partial charge in [-0.15, -0.1) is 0 Å². The molecule has 3 aliphatic rings. The zero-order valence-corrected chi connectivity index (χ0v) is 35.8. The Morgan fingerprint density at radius 3 is 2.37 bits per heavy atom. The third kappa shape index (κ3) is 10.3. The first kappa shape index (κ1) is 43.6. The minimum absolute atomic E-state index is 0.216. The van der Waals surface area contributed by atoms with Crippen molar-refractivity contribution in [3.63, 3.8) is 0 Å². The molecular weight excluding hydrogens is 794 g/mol. The summed E-state index contributed by atoms with van der Waals surface area (Å²) >= 11 is 0. The predicted molar refractivity (Wildman–Crippen MR) is 236 cm³/mol. The molecule has 1 atom stereocenters. The van der Waals surface area contributed by atoms with Crippen LogP contribution in [-0.2, 0) is 39.1 Å². The third-order valence-corrected chi connectivity index (χ3v) is 12.7. The molecule has 1 aliphatic carbocycles. The van der Waals surface area contributed by atoms with Gasteiger partial charge in [-0.05, 0) is 80.2 Å². The average Bonchev–Trinajstić information content (AvgIpc) is 3.77. The second-order valence-electron chi connectivity index (χ2n) is 17.0. The number of aromatic nitrogens is 5. The number of aliphatic hydroxyl groups is 1. The molecule has 0 bridgehead atoms. The maximum absolute atomic E-state index is 13.0. The molecule has 332 valence electrons. The van der Waals surface area contributed by atoms with E-state index in [1.807, 2.05) is 24.4 Å². The first-order valence-electron chi connectivity index (χ1n) is 22.3. The van der Waals surface area contributed by atoms with Crippen LogP contribution in [0.1, 0.15) is 74.6 Å². The first-order valence-corrected chi connectivity index (χ1v) is 22.3. The lowest BCUT2D eigenvalue weighted by molar-refractivity contribution is -0.135. The van der Waals surface area contributed by atoms with E-state index >= 15 is 0 Å². The van der Waals surface area contributed by atoms with Gasteiger partial charge in [-0.25, -0.2) is 9.78 Å². The van der Waals surface area contributed by atoms with Gasteiger partial charge < -0.3 is 24.5 Å². The van der Waals surface area contributed by atoms with Crippen molar-refractivity contribution in [1.29, 1.82) is 0 Å². The summed E-state index contributed by atoms with van der Waals surface area (Å²) in [6, 6.07) is 14.3. The molecule has 5 aromatic rings. The quantitative estimate of drug-likeness (QED) is 0.0777. The summed E-state index contributed by atoms with van der Waals surface area (Å²) in [7, 11) is 1.71. The van der Waals surface area contributed by atoms with Gasteiger partial charge in [-0.3, -0.25) is 38.2 Å². The van der Waals surface area contributed by atoms with Gasteiger partial charge >= 0.3 is 5.69 Å². The van der Waals surface area contributed by atoms with Crippen molar-refractivity contribution >= 4 is 39.8 Å². The fourth-order valence-electron chi connectivity index (χ4n) is 9.13. The Kier molecular flexibility index (Phi) is 14.4. The largest absolute Gasteiger partial charge is 0.393 e. The summed E-state index contributed by atoms with van der Waals surface area (Å²) in [6.07, 6.45) is 9.78. The molecule has 2 saturated heterocycles. The van der Waals surface area contributed by atoms with E-state index in [1.165, 1.54) is 10.1 Å². The monoisotopic (exact) mass is 853 g/mol. The van der Waals surface area contributed by atoms with Gasteiger partial charge in [0.2, 0.25) is 17.8 Å². The fraction of sp³-hybridized carbons (Fsp3) is 0.543. The number of hydrogen-bond donors (Lipinski definition) is 3. The van der Waals surface area contributed by atoms with E-state index in [1.54, 1.807) is 11.6 Å². The Labute approximate surface area is 361 Å². The lowest BCUT2D eigenvalue weighted by Gasteiger charge is -2.34. The summed E-state index contributed by atoms with van der Waals surface area (Å²) in [5.74, 6) is -0.222. The number of piperazine rings is 1. The Bertz CT molecular complexity index is 2360. The summed E-state index contributed by atoms with van der Waals surface area (Å²) in [5.41, 5.74) is 6.65. The number of carbonyl (C=O) groups is 2. The molecule has 16 heteroatoms. The number of halogens is 1. The molecule has 0 spiro atoms. The van der Waals surface area contributed by atoms with Crippen molar-refractivity contribution in [2.45, 2.75) is 82.5 Å². The Hall–Kier alpha value is -5.00. The van der Waals surface area contributed by atoms with Gasteiger partial charge in [-0.2, -0.15) is 4.98 Å². The van der Waals surface area contributed by atoms with E-state index in [-0.39, 0.29) is 36.8 Å². The molecular formula is C46H60FN9O6. The highest BCUT2D eigenvalue weighted by Crippen LogP contribution is 2.37. The summed E-state index contributed by atoms with van der Waals surface area (Å²) in [6.45, 7) is 8.28. The number of hydrogen-bond acceptors (Lipinski definition) is 11. The number of imidazole rings is 1. The van der Waals surface area contributed by atoms with Gasteiger partial charge in [0, 0.05) is 95.3 Å². The molecule has 3 aromatic heterocycles. The van der Waals surface area contributed by atoms with E-state index in [9.17, 15) is 23.9 Å². The first-order chi connectivity index (χ1) is 30.2. The third-order valence-electron chi connectivity index (χ3n) is 12.7. The molecule has 62 heavy (non-hydrogen) atoms. The number of alkyl halides is 1. The van der Waals surface area contributed by atoms with Crippen LogP contribution in [0.4, 0.5) is 10.3 Å². The topological polar surface area (TPSA) is 161 Å². The van der Waals surface area contributed by atoms with Crippen molar-refractivity contribution in [3.8, 4) is 11.1 Å². The van der Waals surface area contributed by atoms with Crippen molar-refractivity contribution < 1.29 is 28.6 Å². The van der Waals surface area contributed by atoms with Crippen molar-refractivity contribution in [3.05, 3.63) is 76.5 Å². The standard InChI is InChI=1S/C46H60FN9O6/c1-52-41-28-32(7-14-39(41)56(46(52)60)40-15-16-42(58)50-44(40)59)4-2-24-61-26-27-62-25-23-53-19-21-54(22-20-53)30-33-5-8-34(9-6-33)38-31-55(35-10-12-36(57)13-11-35)43-37(38)29-49-45(51-43)48-18-3-17-47/h5-9,14,28-29,31,35-36,40,57H,2-4,10-13,15-27,30H2,1H3,(H,48,49,51)(H,50,58,59)/t35-,36-,40?. The zero-order chi connectivity index (χ0) is 43.0. The molecule has 3 N–H and O–H groups in total. The fourth-order valence-corrected chi connectivity index (χ4v) is 9.13. The molecule has 2 aliphatic heterocycles. The summed E-state index contributed by atoms with van der Waals surface area (Å²) in [4.78, 5) is 51.5. The molecule has 5 heterocycles. The predicted octanol–water partition coefficient (Wildman–Crippen LogP) is 4.76. The zero-order valence-electron chi connectivity index (χ0n) is 35.8. The number of aryl methyl sites for hydroxylation is 2. The Morgan fingerprint density at radius 1 is 0.871 bits per heavy atom. The van der Waals surface area contributed by atoms with Crippen LogP contribution in [0.5, 0.6) is 0 Å². The number of aliphatic hydroxyl groups excluding tert-OH is 1. The Balaban J connectivity index is 0.731. The number of rotatable bonds is 19. The number of benzene rings is 2. The average molecular weight is 854 g/mol. The number of piperidine rings is 1. The molecule has 1 saturated carbocycles. The highest BCUT2D eigenvalue weighted by atomic mass is 19.1. The van der Waals surface area contributed by atoms with E-state index in [2.05, 4.69) is 60.4 Å². The van der Waals surface area contributed by atoms with Crippen LogP contribution < -0.4 is 16.3 Å². The van der Waals surface area contributed by atoms with E-state index in [4.69, 9.17) is 14.5 Å². The van der Waals surface area contributed by atoms with Gasteiger partial charge in [-0.1, -0.05) is 30.3 Å². The van der Waals surface area contributed by atoms with Gasteiger partial charge in [0.15, 0.2) is 0 Å². The number of imide groups is 1. The Morgan fingerprint density at radius 2 is 1.61 bits per heavy atom. The molecule has 2 amide bonds. The van der Waals surface area contributed by atoms with Crippen LogP contribution in [0.2, 0.25) is 0 Å². The van der Waals surface area contributed by atoms with E-state index in [0.29, 0.717) is 57.3 Å². The molecule has 3 fully saturated rings. The van der Waals surface area contributed by atoms with Gasteiger partial charge in [0.25, 0.3) is 0 Å². The number of anilines is 1. The molecule has 8 rings (SSSR count). The molecule has 15 nitrogen and oxygen atoms in total. The van der Waals surface area contributed by atoms with Crippen LogP contribution in [0.15, 0.2) is 59.7 Å². The minimum atomic E-state index is -0.687. The smallest absolute Gasteiger partial charge is 0.329 e. The molecule has 2 aromatic carbocycles. The summed E-state index contributed by atoms with van der Waals surface area (Å²) in [5, 5.41) is 16.7. The lowest BCUT2D eigenvalue weighted by Crippen LogP contribution is -2.46. The number of ether oxygens (including phenoxy) is 2. The number of carbonyl (C=O) groups excluding carboxylic acids is 2. The molecule has 0 radical (unpaired) electrons. The number of amides is 2. The van der Waals surface area contributed by atoms with Crippen LogP contribution in [0.3, 0.4) is 0 Å². The van der Waals surface area contributed by atoms with Crippen molar-refractivity contribution in [2.75, 3.05) is 77.7 Å². The minimum Gasteiger partial charge on any atom is -0.393 e. The van der Waals surface area contributed by atoms with E-state index in [0.717, 1.165) is 111 Å². The van der Waals surface area contributed by atoms with Gasteiger partial charge in [0.05, 0.1) is 43.6 Å². The van der Waals surface area contributed by atoms with Crippen LogP contribution in [-0.4, -0.2) is 129 Å². The van der Waals surface area contributed by atoms with E-state index < -0.39 is 11.9 Å². The maximum atomic E-state index is 13.0. The summed E-state index contributed by atoms with van der Waals surface area (Å²) < 4.78 is 29.8. The second-order valence-corrected chi connectivity index (χ2v) is 17.0. The van der Waals surface area contributed by atoms with Crippen molar-refractivity contribution in [1.82, 2.24) is 38.8 Å². The lowest BCUT2D eigenvalue weighted by atomic mass is 9.93. The second kappa shape index (κ2) is 20.5. The number of fused-ring (bicyclic) bond motifs is 2. The normalized spacial score (nSPS) is 20.3. The van der Waals surface area contributed by atoms with Crippen LogP contribution >= 0.6 is 0 Å². The van der Waals surface area contributed by atoms with Gasteiger partial charge in [0.1, 0.15) is 11.7 Å². The number of nitrogens with zero attached hydrogens (tertiary/aromatic N) is 7. The van der Waals surface area contributed by atoms with Crippen molar-refractivity contribution in [2.24, 2.45) is 7.05 Å². The van der Waals surface area contributed by atoms with Crippen LogP contribution in [0, 0.1) is 0 Å². The van der Waals surface area contributed by atoms with Crippen LogP contribution in [0.25, 0.3) is 33.2 Å². The maximum Gasteiger partial charge on any atom is 0.329 e. The molecule has 1 unspecified atom stereocenters. The highest BCUT2D eigenvalue weighted by Gasteiger charge is 2.31.